The van der Waals surface area contributed by atoms with Crippen molar-refractivity contribution in [2.24, 2.45) is 5.92 Å². The van der Waals surface area contributed by atoms with Gasteiger partial charge in [0.15, 0.2) is 0 Å². The van der Waals surface area contributed by atoms with E-state index in [1.165, 1.54) is 0 Å². The molecule has 1 aromatic rings. The molecule has 0 aliphatic carbocycles. The number of carboxylic acids is 1. The van der Waals surface area contributed by atoms with Crippen LogP contribution in [0.1, 0.15) is 31.1 Å². The summed E-state index contributed by atoms with van der Waals surface area (Å²) in [6, 6.07) is 5.49. The van der Waals surface area contributed by atoms with Crippen molar-refractivity contribution in [3.63, 3.8) is 0 Å². The smallest absolute Gasteiger partial charge is 0.338 e. The first kappa shape index (κ1) is 14.0. The highest BCUT2D eigenvalue weighted by Gasteiger charge is 2.18. The molecule has 1 N–H and O–H groups in total. The molecule has 0 saturated carbocycles. The largest absolute Gasteiger partial charge is 0.478 e. The van der Waals surface area contributed by atoms with Crippen molar-refractivity contribution < 1.29 is 9.90 Å². The van der Waals surface area contributed by atoms with E-state index in [0.29, 0.717) is 16.0 Å². The average molecular weight is 300 g/mol. The average Bonchev–Trinajstić information content (AvgIpc) is 2.24. The molecule has 0 fully saturated rings. The van der Waals surface area contributed by atoms with E-state index >= 15 is 0 Å². The molecule has 0 saturated heterocycles. The molecule has 94 valence electrons. The Morgan fingerprint density at radius 3 is 2.59 bits per heavy atom. The van der Waals surface area contributed by atoms with E-state index in [1.54, 1.807) is 6.07 Å². The van der Waals surface area contributed by atoms with Crippen LogP contribution in [0.25, 0.3) is 0 Å². The highest BCUT2D eigenvalue weighted by molar-refractivity contribution is 9.10. The summed E-state index contributed by atoms with van der Waals surface area (Å²) >= 11 is 3.30. The Hall–Kier alpha value is -1.03. The summed E-state index contributed by atoms with van der Waals surface area (Å²) in [5, 5.41) is 9.27. The fourth-order valence-corrected chi connectivity index (χ4v) is 2.35. The van der Waals surface area contributed by atoms with Crippen LogP contribution < -0.4 is 4.90 Å². The van der Waals surface area contributed by atoms with Crippen molar-refractivity contribution in [3.8, 4) is 0 Å². The van der Waals surface area contributed by atoms with Gasteiger partial charge in [0, 0.05) is 17.6 Å². The lowest BCUT2D eigenvalue weighted by atomic mass is 10.1. The van der Waals surface area contributed by atoms with Crippen molar-refractivity contribution in [2.45, 2.75) is 20.8 Å². The normalized spacial score (nSPS) is 10.6. The van der Waals surface area contributed by atoms with Crippen LogP contribution in [0.5, 0.6) is 0 Å². The third-order valence-electron chi connectivity index (χ3n) is 2.51. The molecule has 3 nitrogen and oxygen atoms in total. The van der Waals surface area contributed by atoms with Crippen molar-refractivity contribution in [1.29, 1.82) is 0 Å². The molecule has 0 heterocycles. The second-order valence-electron chi connectivity index (χ2n) is 4.37. The fraction of sp³-hybridized carbons (Fsp3) is 0.462. The summed E-state index contributed by atoms with van der Waals surface area (Å²) in [5.41, 5.74) is 1.12. The number of halogens is 1. The van der Waals surface area contributed by atoms with Gasteiger partial charge in [-0.1, -0.05) is 19.9 Å². The van der Waals surface area contributed by atoms with Crippen molar-refractivity contribution in [1.82, 2.24) is 0 Å². The van der Waals surface area contributed by atoms with Crippen molar-refractivity contribution in [3.05, 3.63) is 28.2 Å². The summed E-state index contributed by atoms with van der Waals surface area (Å²) in [4.78, 5) is 13.4. The zero-order chi connectivity index (χ0) is 13.0. The molecule has 0 amide bonds. The molecule has 0 aliphatic rings. The first-order valence-corrected chi connectivity index (χ1v) is 6.53. The topological polar surface area (TPSA) is 40.5 Å². The van der Waals surface area contributed by atoms with Crippen molar-refractivity contribution >= 4 is 27.6 Å². The molecular weight excluding hydrogens is 282 g/mol. The Kier molecular flexibility index (Phi) is 5.00. The molecule has 0 unspecified atom stereocenters. The van der Waals surface area contributed by atoms with Gasteiger partial charge in [0.25, 0.3) is 0 Å². The SMILES string of the molecule is CCN(CC(C)C)c1cccc(Br)c1C(=O)O. The minimum Gasteiger partial charge on any atom is -0.478 e. The zero-order valence-corrected chi connectivity index (χ0v) is 12.0. The maximum Gasteiger partial charge on any atom is 0.338 e. The van der Waals surface area contributed by atoms with Gasteiger partial charge in [-0.25, -0.2) is 4.79 Å². The highest BCUT2D eigenvalue weighted by Crippen LogP contribution is 2.28. The number of nitrogens with zero attached hydrogens (tertiary/aromatic N) is 1. The van der Waals surface area contributed by atoms with Crippen LogP contribution in [-0.2, 0) is 0 Å². The summed E-state index contributed by atoms with van der Waals surface area (Å²) in [6.07, 6.45) is 0. The van der Waals surface area contributed by atoms with Crippen molar-refractivity contribution in [2.75, 3.05) is 18.0 Å². The molecule has 17 heavy (non-hydrogen) atoms. The maximum atomic E-state index is 11.3. The number of carboxylic acid groups (broad SMARTS) is 1. The number of benzene rings is 1. The van der Waals surface area contributed by atoms with Crippen LogP contribution in [0.4, 0.5) is 5.69 Å². The lowest BCUT2D eigenvalue weighted by Gasteiger charge is -2.26. The van der Waals surface area contributed by atoms with E-state index in [9.17, 15) is 9.90 Å². The van der Waals surface area contributed by atoms with E-state index in [4.69, 9.17) is 0 Å². The Morgan fingerprint density at radius 1 is 1.47 bits per heavy atom. The number of hydrogen-bond acceptors (Lipinski definition) is 2. The summed E-state index contributed by atoms with van der Waals surface area (Å²) in [7, 11) is 0. The first-order valence-electron chi connectivity index (χ1n) is 5.74. The van der Waals surface area contributed by atoms with Crippen LogP contribution in [0.2, 0.25) is 0 Å². The standard InChI is InChI=1S/C13H18BrNO2/c1-4-15(8-9(2)3)11-7-5-6-10(14)12(11)13(16)17/h5-7,9H,4,8H2,1-3H3,(H,16,17). The molecule has 0 spiro atoms. The van der Waals surface area contributed by atoms with E-state index in [1.807, 2.05) is 19.1 Å². The Balaban J connectivity index is 3.18. The molecule has 4 heteroatoms. The van der Waals surface area contributed by atoms with E-state index in [-0.39, 0.29) is 0 Å². The minimum absolute atomic E-state index is 0.343. The number of aromatic carboxylic acids is 1. The van der Waals surface area contributed by atoms with Crippen LogP contribution >= 0.6 is 15.9 Å². The van der Waals surface area contributed by atoms with E-state index in [0.717, 1.165) is 18.8 Å². The molecule has 0 atom stereocenters. The van der Waals surface area contributed by atoms with Gasteiger partial charge in [-0.05, 0) is 40.9 Å². The summed E-state index contributed by atoms with van der Waals surface area (Å²) in [6.45, 7) is 7.94. The van der Waals surface area contributed by atoms with Gasteiger partial charge >= 0.3 is 5.97 Å². The zero-order valence-electron chi connectivity index (χ0n) is 10.4. The summed E-state index contributed by atoms with van der Waals surface area (Å²) < 4.78 is 0.629. The van der Waals surface area contributed by atoms with Crippen LogP contribution in [-0.4, -0.2) is 24.2 Å². The van der Waals surface area contributed by atoms with E-state index < -0.39 is 5.97 Å². The minimum atomic E-state index is -0.894. The molecule has 0 aromatic heterocycles. The van der Waals surface area contributed by atoms with Gasteiger partial charge in [-0.15, -0.1) is 0 Å². The third kappa shape index (κ3) is 3.46. The van der Waals surface area contributed by atoms with Gasteiger partial charge in [-0.2, -0.15) is 0 Å². The predicted octanol–water partition coefficient (Wildman–Crippen LogP) is 3.63. The molecule has 1 aromatic carbocycles. The van der Waals surface area contributed by atoms with E-state index in [2.05, 4.69) is 34.7 Å². The maximum absolute atomic E-state index is 11.3. The second kappa shape index (κ2) is 6.05. The lowest BCUT2D eigenvalue weighted by Crippen LogP contribution is -2.28. The number of carbonyl (C=O) groups is 1. The quantitative estimate of drug-likeness (QED) is 0.902. The third-order valence-corrected chi connectivity index (χ3v) is 3.17. The second-order valence-corrected chi connectivity index (χ2v) is 5.23. The predicted molar refractivity (Wildman–Crippen MR) is 73.8 cm³/mol. The Morgan fingerprint density at radius 2 is 2.12 bits per heavy atom. The fourth-order valence-electron chi connectivity index (χ4n) is 1.83. The first-order chi connectivity index (χ1) is 7.97. The molecule has 0 radical (unpaired) electrons. The number of rotatable bonds is 5. The highest BCUT2D eigenvalue weighted by atomic mass is 79.9. The number of anilines is 1. The van der Waals surface area contributed by atoms with Gasteiger partial charge in [0.2, 0.25) is 0 Å². The van der Waals surface area contributed by atoms with Crippen LogP contribution in [0.3, 0.4) is 0 Å². The van der Waals surface area contributed by atoms with Gasteiger partial charge in [0.05, 0.1) is 11.3 Å². The Labute approximate surface area is 111 Å². The van der Waals surface area contributed by atoms with Crippen LogP contribution in [0, 0.1) is 5.92 Å². The molecule has 1 rings (SSSR count). The monoisotopic (exact) mass is 299 g/mol. The lowest BCUT2D eigenvalue weighted by molar-refractivity contribution is 0.0696. The van der Waals surface area contributed by atoms with Crippen LogP contribution in [0.15, 0.2) is 22.7 Å². The molecule has 0 aliphatic heterocycles. The van der Waals surface area contributed by atoms with Gasteiger partial charge in [-0.3, -0.25) is 0 Å². The van der Waals surface area contributed by atoms with Gasteiger partial charge in [0.1, 0.15) is 0 Å². The van der Waals surface area contributed by atoms with Gasteiger partial charge < -0.3 is 10.0 Å². The molecular formula is C13H18BrNO2. The Bertz CT molecular complexity index is 404. The number of hydrogen-bond donors (Lipinski definition) is 1. The summed E-state index contributed by atoms with van der Waals surface area (Å²) in [5.74, 6) is -0.398. The molecule has 0 bridgehead atoms.